The van der Waals surface area contributed by atoms with Gasteiger partial charge in [0.2, 0.25) is 0 Å². The van der Waals surface area contributed by atoms with Gasteiger partial charge in [0.1, 0.15) is 11.7 Å². The fourth-order valence-electron chi connectivity index (χ4n) is 5.21. The van der Waals surface area contributed by atoms with Gasteiger partial charge in [0, 0.05) is 41.4 Å². The van der Waals surface area contributed by atoms with Crippen LogP contribution in [0.3, 0.4) is 0 Å². The molecule has 3 aliphatic rings. The summed E-state index contributed by atoms with van der Waals surface area (Å²) in [6.45, 7) is 3.57. The summed E-state index contributed by atoms with van der Waals surface area (Å²) in [4.78, 5) is 25.3. The van der Waals surface area contributed by atoms with E-state index in [0.717, 1.165) is 43.2 Å². The lowest BCUT2D eigenvalue weighted by Crippen LogP contribution is -2.49. The molecule has 0 amide bonds. The molecule has 172 valence electrons. The van der Waals surface area contributed by atoms with E-state index in [1.165, 1.54) is 22.9 Å². The number of halogens is 2. The van der Waals surface area contributed by atoms with E-state index in [1.807, 2.05) is 19.1 Å². The van der Waals surface area contributed by atoms with Crippen molar-refractivity contribution in [3.05, 3.63) is 62.7 Å². The van der Waals surface area contributed by atoms with Crippen molar-refractivity contribution in [2.75, 3.05) is 18.8 Å². The molecule has 3 heterocycles. The third-order valence-electron chi connectivity index (χ3n) is 7.17. The van der Waals surface area contributed by atoms with Crippen LogP contribution in [0.4, 0.5) is 5.82 Å². The average Bonchev–Trinajstić information content (AvgIpc) is 3.06. The normalized spacial score (nSPS) is 24.0. The molecule has 1 fully saturated rings. The Morgan fingerprint density at radius 2 is 1.97 bits per heavy atom. The Hall–Kier alpha value is -2.06. The molecule has 0 radical (unpaired) electrons. The lowest BCUT2D eigenvalue weighted by Gasteiger charge is -2.44. The molecule has 0 bridgehead atoms. The summed E-state index contributed by atoms with van der Waals surface area (Å²) in [5.74, 6) is 0.792. The molecule has 1 unspecified atom stereocenters. The topological polar surface area (TPSA) is 97.6 Å². The Kier molecular flexibility index (Phi) is 5.93. The largest absolute Gasteiger partial charge is 0.382 e. The van der Waals surface area contributed by atoms with E-state index < -0.39 is 0 Å². The summed E-state index contributed by atoms with van der Waals surface area (Å²) >= 11 is 13.7. The van der Waals surface area contributed by atoms with E-state index >= 15 is 0 Å². The summed E-state index contributed by atoms with van der Waals surface area (Å²) in [6.07, 6.45) is 6.12. The monoisotopic (exact) mass is 501 g/mol. The van der Waals surface area contributed by atoms with E-state index in [-0.39, 0.29) is 29.0 Å². The zero-order chi connectivity index (χ0) is 23.3. The first-order valence-corrected chi connectivity index (χ1v) is 12.5. The molecular formula is C24H25Cl2N5OS. The molecule has 1 aliphatic carbocycles. The number of aromatic nitrogens is 1. The van der Waals surface area contributed by atoms with Crippen LogP contribution in [-0.2, 0) is 11.2 Å². The molecule has 5 rings (SSSR count). The van der Waals surface area contributed by atoms with E-state index in [1.54, 1.807) is 18.5 Å². The van der Waals surface area contributed by atoms with Crippen LogP contribution < -0.4 is 11.5 Å². The molecular weight excluding hydrogens is 477 g/mol. The van der Waals surface area contributed by atoms with Crippen LogP contribution in [0.25, 0.3) is 0 Å². The predicted molar refractivity (Wildman–Crippen MR) is 135 cm³/mol. The van der Waals surface area contributed by atoms with Gasteiger partial charge in [0.25, 0.3) is 0 Å². The Bertz CT molecular complexity index is 1190. The molecule has 1 saturated heterocycles. The quantitative estimate of drug-likeness (QED) is 0.609. The van der Waals surface area contributed by atoms with E-state index in [9.17, 15) is 4.79 Å². The lowest BCUT2D eigenvalue weighted by atomic mass is 9.73. The smallest absolute Gasteiger partial charge is 0.181 e. The zero-order valence-electron chi connectivity index (χ0n) is 18.2. The number of allylic oxidation sites excluding steroid dienone is 1. The number of nitrogen functional groups attached to an aromatic ring is 1. The van der Waals surface area contributed by atoms with Gasteiger partial charge in [-0.25, -0.2) is 9.98 Å². The third-order valence-corrected chi connectivity index (χ3v) is 9.00. The SMILES string of the molecule is C[C@@H]1C(=O)C(Sc2ccnc(N)c2Cl)=CN=C1N1CCC2(CC1)Cc1ccc(Cl)cc1C2N. The molecule has 1 aromatic carbocycles. The number of hydrogen-bond acceptors (Lipinski definition) is 7. The van der Waals surface area contributed by atoms with E-state index in [2.05, 4.69) is 16.0 Å². The Morgan fingerprint density at radius 1 is 1.21 bits per heavy atom. The molecule has 1 spiro atoms. The minimum absolute atomic E-state index is 0.0128. The van der Waals surface area contributed by atoms with E-state index in [4.69, 9.17) is 39.7 Å². The van der Waals surface area contributed by atoms with Gasteiger partial charge in [0.05, 0.1) is 15.8 Å². The number of nitrogens with zero attached hydrogens (tertiary/aromatic N) is 3. The highest BCUT2D eigenvalue weighted by atomic mass is 35.5. The highest BCUT2D eigenvalue weighted by Gasteiger charge is 2.47. The van der Waals surface area contributed by atoms with Crippen LogP contribution in [-0.4, -0.2) is 34.6 Å². The summed E-state index contributed by atoms with van der Waals surface area (Å²) in [6, 6.07) is 7.81. The maximum atomic E-state index is 13.1. The predicted octanol–water partition coefficient (Wildman–Crippen LogP) is 4.86. The van der Waals surface area contributed by atoms with Crippen molar-refractivity contribution in [3.8, 4) is 0 Å². The number of amidine groups is 1. The first kappa shape index (κ1) is 22.7. The number of carbonyl (C=O) groups is 1. The minimum atomic E-state index is -0.322. The van der Waals surface area contributed by atoms with Gasteiger partial charge in [-0.1, -0.05) is 41.0 Å². The molecule has 2 atom stereocenters. The number of aliphatic imine (C=N–C) groups is 1. The number of anilines is 1. The van der Waals surface area contributed by atoms with Crippen LogP contribution in [0.1, 0.15) is 36.9 Å². The molecule has 0 saturated carbocycles. The maximum Gasteiger partial charge on any atom is 0.181 e. The number of hydrogen-bond donors (Lipinski definition) is 2. The van der Waals surface area contributed by atoms with Crippen molar-refractivity contribution in [1.29, 1.82) is 0 Å². The molecule has 2 aromatic rings. The second-order valence-corrected chi connectivity index (χ2v) is 10.9. The number of pyridine rings is 1. The van der Waals surface area contributed by atoms with Crippen molar-refractivity contribution in [2.45, 2.75) is 37.1 Å². The second-order valence-electron chi connectivity index (χ2n) is 9.02. The minimum Gasteiger partial charge on any atom is -0.382 e. The van der Waals surface area contributed by atoms with Gasteiger partial charge < -0.3 is 16.4 Å². The summed E-state index contributed by atoms with van der Waals surface area (Å²) in [7, 11) is 0. The number of piperidine rings is 1. The van der Waals surface area contributed by atoms with Gasteiger partial charge >= 0.3 is 0 Å². The second kappa shape index (κ2) is 8.62. The van der Waals surface area contributed by atoms with Gasteiger partial charge in [-0.3, -0.25) is 4.79 Å². The highest BCUT2D eigenvalue weighted by Crippen LogP contribution is 2.51. The average molecular weight is 502 g/mol. The van der Waals surface area contributed by atoms with Crippen LogP contribution in [0, 0.1) is 11.3 Å². The molecule has 1 aromatic heterocycles. The number of benzene rings is 1. The molecule has 4 N–H and O–H groups in total. The van der Waals surface area contributed by atoms with E-state index in [0.29, 0.717) is 14.8 Å². The third kappa shape index (κ3) is 3.95. The van der Waals surface area contributed by atoms with Crippen LogP contribution in [0.5, 0.6) is 0 Å². The van der Waals surface area contributed by atoms with Crippen molar-refractivity contribution in [2.24, 2.45) is 22.1 Å². The van der Waals surface area contributed by atoms with Crippen molar-refractivity contribution < 1.29 is 4.79 Å². The first-order chi connectivity index (χ1) is 15.8. The lowest BCUT2D eigenvalue weighted by molar-refractivity contribution is -0.116. The number of carbonyl (C=O) groups excluding carboxylic acids is 1. The van der Waals surface area contributed by atoms with Gasteiger partial charge in [0.15, 0.2) is 5.78 Å². The number of nitrogens with two attached hydrogens (primary N) is 2. The maximum absolute atomic E-state index is 13.1. The molecule has 33 heavy (non-hydrogen) atoms. The molecule has 2 aliphatic heterocycles. The number of fused-ring (bicyclic) bond motifs is 1. The number of ketones is 1. The summed E-state index contributed by atoms with van der Waals surface area (Å²) < 4.78 is 0. The van der Waals surface area contributed by atoms with Crippen molar-refractivity contribution in [3.63, 3.8) is 0 Å². The standard InChI is InChI=1S/C24H25Cl2N5OS/c1-13-20(32)18(33-17-4-7-29-22(28)19(17)26)12-30-23(13)31-8-5-24(6-9-31)11-14-2-3-15(25)10-16(14)21(24)27/h2-4,7,10,12-13,21H,5-6,8-9,11,27H2,1H3,(H2,28,29)/t13-,21?/m1/s1. The number of rotatable bonds is 2. The Balaban J connectivity index is 1.31. The zero-order valence-corrected chi connectivity index (χ0v) is 20.6. The fraction of sp³-hybridized carbons (Fsp3) is 0.375. The van der Waals surface area contributed by atoms with Gasteiger partial charge in [-0.15, -0.1) is 0 Å². The summed E-state index contributed by atoms with van der Waals surface area (Å²) in [5, 5.41) is 1.09. The van der Waals surface area contributed by atoms with Crippen LogP contribution in [0.15, 0.2) is 51.5 Å². The highest BCUT2D eigenvalue weighted by molar-refractivity contribution is 8.04. The summed E-state index contributed by atoms with van der Waals surface area (Å²) in [5.41, 5.74) is 15.0. The fourth-order valence-corrected chi connectivity index (χ4v) is 6.56. The molecule has 6 nitrogen and oxygen atoms in total. The van der Waals surface area contributed by atoms with Crippen LogP contribution in [0.2, 0.25) is 10.0 Å². The molecule has 9 heteroatoms. The van der Waals surface area contributed by atoms with Crippen LogP contribution >= 0.6 is 35.0 Å². The first-order valence-electron chi connectivity index (χ1n) is 11.0. The number of likely N-dealkylation sites (tertiary alicyclic amines) is 1. The van der Waals surface area contributed by atoms with Gasteiger partial charge in [-0.05, 0) is 60.9 Å². The van der Waals surface area contributed by atoms with Crippen molar-refractivity contribution in [1.82, 2.24) is 9.88 Å². The Morgan fingerprint density at radius 3 is 2.73 bits per heavy atom. The Labute approximate surface area is 207 Å². The number of thioether (sulfide) groups is 1. The number of Topliss-reactive ketones (excluding diaryl/α,β-unsaturated/α-hetero) is 1. The van der Waals surface area contributed by atoms with Crippen molar-refractivity contribution >= 4 is 52.4 Å². The van der Waals surface area contributed by atoms with Gasteiger partial charge in [-0.2, -0.15) is 0 Å².